The van der Waals surface area contributed by atoms with Crippen molar-refractivity contribution in [3.63, 3.8) is 0 Å². The van der Waals surface area contributed by atoms with Crippen molar-refractivity contribution < 1.29 is 4.74 Å². The normalized spacial score (nSPS) is 11.9. The maximum Gasteiger partial charge on any atom is 0.0466 e. The molecule has 4 aromatic carbocycles. The van der Waals surface area contributed by atoms with Crippen molar-refractivity contribution in [1.29, 1.82) is 0 Å². The van der Waals surface area contributed by atoms with Crippen molar-refractivity contribution in [3.8, 4) is 0 Å². The maximum absolute atomic E-state index is 5.77. The average Bonchev–Trinajstić information content (AvgIpc) is 2.71. The van der Waals surface area contributed by atoms with Crippen molar-refractivity contribution in [1.82, 2.24) is 0 Å². The third-order valence-corrected chi connectivity index (χ3v) is 5.87. The van der Waals surface area contributed by atoms with E-state index in [2.05, 4.69) is 67.2 Å². The van der Waals surface area contributed by atoms with E-state index in [-0.39, 0.29) is 0 Å². The van der Waals surface area contributed by atoms with Crippen LogP contribution in [0.5, 0.6) is 0 Å². The first-order chi connectivity index (χ1) is 13.4. The molecule has 0 fully saturated rings. The second-order valence-electron chi connectivity index (χ2n) is 7.43. The molecule has 0 N–H and O–H groups in total. The van der Waals surface area contributed by atoms with Crippen molar-refractivity contribution >= 4 is 44.9 Å². The summed E-state index contributed by atoms with van der Waals surface area (Å²) in [5.41, 5.74) is 1.47. The zero-order valence-electron chi connectivity index (χ0n) is 15.9. The van der Waals surface area contributed by atoms with Gasteiger partial charge in [0.2, 0.25) is 0 Å². The fourth-order valence-electron chi connectivity index (χ4n) is 4.13. The van der Waals surface area contributed by atoms with E-state index < -0.39 is 0 Å². The van der Waals surface area contributed by atoms with E-state index in [4.69, 9.17) is 4.74 Å². The zero-order valence-corrected chi connectivity index (χ0v) is 16.8. The molecule has 0 aliphatic carbocycles. The van der Waals surface area contributed by atoms with Crippen LogP contribution in [0.4, 0.5) is 0 Å². The Bertz CT molecular complexity index is 991. The molecule has 0 spiro atoms. The van der Waals surface area contributed by atoms with Crippen molar-refractivity contribution in [3.05, 3.63) is 60.2 Å². The molecule has 0 saturated heterocycles. The molecule has 2 heteroatoms. The van der Waals surface area contributed by atoms with E-state index in [0.717, 1.165) is 38.2 Å². The van der Waals surface area contributed by atoms with Crippen LogP contribution < -0.4 is 0 Å². The monoisotopic (exact) mass is 376 g/mol. The first-order valence-corrected chi connectivity index (χ1v) is 10.9. The van der Waals surface area contributed by atoms with Gasteiger partial charge in [0.05, 0.1) is 0 Å². The van der Waals surface area contributed by atoms with Gasteiger partial charge in [-0.15, -0.1) is 0 Å². The van der Waals surface area contributed by atoms with Crippen LogP contribution in [0.1, 0.15) is 37.7 Å². The molecule has 27 heavy (non-hydrogen) atoms. The minimum absolute atomic E-state index is 0.882. The summed E-state index contributed by atoms with van der Waals surface area (Å²) >= 11 is 4.24. The van der Waals surface area contributed by atoms with Gasteiger partial charge < -0.3 is 4.74 Å². The molecule has 4 aromatic rings. The van der Waals surface area contributed by atoms with Gasteiger partial charge in [-0.25, -0.2) is 0 Å². The van der Waals surface area contributed by atoms with E-state index in [1.807, 2.05) is 0 Å². The molecule has 0 bridgehead atoms. The highest BCUT2D eigenvalue weighted by molar-refractivity contribution is 7.80. The summed E-state index contributed by atoms with van der Waals surface area (Å²) in [6.45, 7) is 1.78. The minimum atomic E-state index is 0.882. The van der Waals surface area contributed by atoms with E-state index in [1.54, 1.807) is 0 Å². The Morgan fingerprint density at radius 1 is 0.630 bits per heavy atom. The van der Waals surface area contributed by atoms with Gasteiger partial charge in [-0.05, 0) is 75.7 Å². The van der Waals surface area contributed by atoms with Gasteiger partial charge in [0, 0.05) is 13.2 Å². The number of ether oxygens (including phenoxy) is 1. The Kier molecular flexibility index (Phi) is 6.16. The number of benzene rings is 4. The highest BCUT2D eigenvalue weighted by atomic mass is 32.1. The standard InChI is InChI=1S/C25H28OS/c27-18-5-1-3-16-26-17-4-2-7-19-10-11-22-13-12-20-8-6-9-21-14-15-23(19)25(22)24(20)21/h6,8-15,27H,1-5,7,16-18H2. The number of thiol groups is 1. The summed E-state index contributed by atoms with van der Waals surface area (Å²) in [5, 5.41) is 8.30. The van der Waals surface area contributed by atoms with Crippen molar-refractivity contribution in [2.75, 3.05) is 19.0 Å². The van der Waals surface area contributed by atoms with Gasteiger partial charge in [0.15, 0.2) is 0 Å². The summed E-state index contributed by atoms with van der Waals surface area (Å²) in [4.78, 5) is 0. The molecular weight excluding hydrogens is 348 g/mol. The topological polar surface area (TPSA) is 9.23 Å². The summed E-state index contributed by atoms with van der Waals surface area (Å²) in [6.07, 6.45) is 7.02. The zero-order chi connectivity index (χ0) is 18.5. The molecule has 1 nitrogen and oxygen atoms in total. The van der Waals surface area contributed by atoms with Crippen LogP contribution in [0.3, 0.4) is 0 Å². The predicted molar refractivity (Wildman–Crippen MR) is 122 cm³/mol. The molecule has 140 valence electrons. The van der Waals surface area contributed by atoms with Gasteiger partial charge in [0.1, 0.15) is 0 Å². The largest absolute Gasteiger partial charge is 0.381 e. The van der Waals surface area contributed by atoms with E-state index in [0.29, 0.717) is 0 Å². The Hall–Kier alpha value is -1.77. The highest BCUT2D eigenvalue weighted by Gasteiger charge is 2.10. The van der Waals surface area contributed by atoms with Crippen LogP contribution in [0, 0.1) is 0 Å². The molecule has 0 aliphatic rings. The Morgan fingerprint density at radius 3 is 2.07 bits per heavy atom. The summed E-state index contributed by atoms with van der Waals surface area (Å²) in [7, 11) is 0. The number of unbranched alkanes of at least 4 members (excludes halogenated alkanes) is 3. The molecule has 0 saturated carbocycles. The third kappa shape index (κ3) is 4.07. The van der Waals surface area contributed by atoms with Crippen LogP contribution in [0.25, 0.3) is 32.3 Å². The second kappa shape index (κ2) is 8.95. The number of rotatable bonds is 10. The number of hydrogen-bond acceptors (Lipinski definition) is 2. The lowest BCUT2D eigenvalue weighted by molar-refractivity contribution is 0.126. The van der Waals surface area contributed by atoms with E-state index in [1.165, 1.54) is 57.1 Å². The quantitative estimate of drug-likeness (QED) is 0.178. The summed E-state index contributed by atoms with van der Waals surface area (Å²) in [6, 6.07) is 20.3. The smallest absolute Gasteiger partial charge is 0.0466 e. The summed E-state index contributed by atoms with van der Waals surface area (Å²) < 4.78 is 5.77. The average molecular weight is 377 g/mol. The van der Waals surface area contributed by atoms with Gasteiger partial charge >= 0.3 is 0 Å². The Balaban J connectivity index is 1.42. The van der Waals surface area contributed by atoms with Gasteiger partial charge in [-0.3, -0.25) is 0 Å². The Labute approximate surface area is 167 Å². The van der Waals surface area contributed by atoms with Crippen LogP contribution >= 0.6 is 12.6 Å². The lowest BCUT2D eigenvalue weighted by Gasteiger charge is -2.14. The Morgan fingerprint density at radius 2 is 1.30 bits per heavy atom. The fraction of sp³-hybridized carbons (Fsp3) is 0.360. The van der Waals surface area contributed by atoms with Gasteiger partial charge in [-0.2, -0.15) is 12.6 Å². The molecule has 0 heterocycles. The first kappa shape index (κ1) is 18.6. The first-order valence-electron chi connectivity index (χ1n) is 10.2. The SMILES string of the molecule is SCCCCCOCCCCc1ccc2ccc3cccc4ccc1c2c34. The fourth-order valence-corrected chi connectivity index (χ4v) is 4.35. The third-order valence-electron chi connectivity index (χ3n) is 5.55. The van der Waals surface area contributed by atoms with E-state index >= 15 is 0 Å². The van der Waals surface area contributed by atoms with Crippen LogP contribution in [-0.2, 0) is 11.2 Å². The van der Waals surface area contributed by atoms with Crippen LogP contribution in [0.15, 0.2) is 54.6 Å². The molecule has 0 unspecified atom stereocenters. The molecule has 0 radical (unpaired) electrons. The maximum atomic E-state index is 5.77. The molecule has 0 aromatic heterocycles. The predicted octanol–water partition coefficient (Wildman–Crippen LogP) is 7.02. The van der Waals surface area contributed by atoms with Crippen molar-refractivity contribution in [2.45, 2.75) is 38.5 Å². The minimum Gasteiger partial charge on any atom is -0.381 e. The lowest BCUT2D eigenvalue weighted by atomic mass is 9.91. The molecule has 0 amide bonds. The van der Waals surface area contributed by atoms with E-state index in [9.17, 15) is 0 Å². The number of hydrogen-bond donors (Lipinski definition) is 1. The molecule has 0 atom stereocenters. The molecule has 0 aliphatic heterocycles. The van der Waals surface area contributed by atoms with Crippen LogP contribution in [0.2, 0.25) is 0 Å². The van der Waals surface area contributed by atoms with Gasteiger partial charge in [0.25, 0.3) is 0 Å². The second-order valence-corrected chi connectivity index (χ2v) is 7.88. The number of aryl methyl sites for hydroxylation is 1. The molecule has 4 rings (SSSR count). The lowest BCUT2D eigenvalue weighted by Crippen LogP contribution is -1.98. The highest BCUT2D eigenvalue weighted by Crippen LogP contribution is 2.36. The van der Waals surface area contributed by atoms with Gasteiger partial charge in [-0.1, -0.05) is 61.0 Å². The summed E-state index contributed by atoms with van der Waals surface area (Å²) in [5.74, 6) is 0.985. The molecular formula is C25H28OS. The van der Waals surface area contributed by atoms with Crippen molar-refractivity contribution in [2.24, 2.45) is 0 Å². The van der Waals surface area contributed by atoms with Crippen LogP contribution in [-0.4, -0.2) is 19.0 Å².